The highest BCUT2D eigenvalue weighted by molar-refractivity contribution is 7.89. The third-order valence-corrected chi connectivity index (χ3v) is 4.71. The summed E-state index contributed by atoms with van der Waals surface area (Å²) in [5.41, 5.74) is 0. The molecular weight excluding hydrogens is 257 g/mol. The average Bonchev–Trinajstić information content (AvgIpc) is 2.28. The summed E-state index contributed by atoms with van der Waals surface area (Å²) < 4.78 is 45.0. The molecule has 1 aromatic rings. The van der Waals surface area contributed by atoms with Gasteiger partial charge in [0, 0.05) is 13.1 Å². The van der Waals surface area contributed by atoms with Gasteiger partial charge < -0.3 is 4.74 Å². The molecule has 0 aliphatic carbocycles. The Morgan fingerprint density at radius 3 is 2.33 bits per heavy atom. The smallest absolute Gasteiger partial charge is 0.246 e. The second kappa shape index (κ2) is 4.95. The zero-order chi connectivity index (χ0) is 13.3. The summed E-state index contributed by atoms with van der Waals surface area (Å²) in [4.78, 5) is -0.272. The summed E-state index contributed by atoms with van der Waals surface area (Å²) in [6.07, 6.45) is -0.370. The molecule has 0 radical (unpaired) electrons. The SMILES string of the molecule is C[C@@H]1CN(S(=O)(=O)c2ccccc2F)C[C@H](C)O1. The number of ether oxygens (including phenoxy) is 1. The molecule has 1 aliphatic rings. The van der Waals surface area contributed by atoms with E-state index >= 15 is 0 Å². The zero-order valence-electron chi connectivity index (χ0n) is 10.3. The van der Waals surface area contributed by atoms with Crippen molar-refractivity contribution in [3.63, 3.8) is 0 Å². The van der Waals surface area contributed by atoms with E-state index in [4.69, 9.17) is 4.74 Å². The second-order valence-electron chi connectivity index (χ2n) is 4.51. The lowest BCUT2D eigenvalue weighted by Gasteiger charge is -2.34. The maximum Gasteiger partial charge on any atom is 0.246 e. The van der Waals surface area contributed by atoms with Crippen molar-refractivity contribution in [2.45, 2.75) is 31.0 Å². The number of hydrogen-bond donors (Lipinski definition) is 0. The van der Waals surface area contributed by atoms with E-state index in [1.54, 1.807) is 13.8 Å². The average molecular weight is 273 g/mol. The van der Waals surface area contributed by atoms with E-state index in [-0.39, 0.29) is 30.2 Å². The summed E-state index contributed by atoms with van der Waals surface area (Å²) >= 11 is 0. The van der Waals surface area contributed by atoms with Gasteiger partial charge in [0.1, 0.15) is 10.7 Å². The standard InChI is InChI=1S/C12H16FNO3S/c1-9-7-14(8-10(2)17-9)18(15,16)12-6-4-3-5-11(12)13/h3-6,9-10H,7-8H2,1-2H3/t9-,10+. The lowest BCUT2D eigenvalue weighted by atomic mass is 10.3. The van der Waals surface area contributed by atoms with E-state index in [9.17, 15) is 12.8 Å². The Morgan fingerprint density at radius 1 is 1.22 bits per heavy atom. The summed E-state index contributed by atoms with van der Waals surface area (Å²) in [6.45, 7) is 4.11. The first-order valence-electron chi connectivity index (χ1n) is 5.81. The van der Waals surface area contributed by atoms with Crippen LogP contribution in [0.25, 0.3) is 0 Å². The van der Waals surface area contributed by atoms with Gasteiger partial charge in [-0.05, 0) is 26.0 Å². The monoisotopic (exact) mass is 273 g/mol. The first kappa shape index (κ1) is 13.5. The van der Waals surface area contributed by atoms with E-state index in [0.29, 0.717) is 0 Å². The molecule has 2 atom stereocenters. The van der Waals surface area contributed by atoms with Gasteiger partial charge >= 0.3 is 0 Å². The van der Waals surface area contributed by atoms with Crippen molar-refractivity contribution in [1.29, 1.82) is 0 Å². The lowest BCUT2D eigenvalue weighted by Crippen LogP contribution is -2.48. The lowest BCUT2D eigenvalue weighted by molar-refractivity contribution is -0.0441. The molecule has 18 heavy (non-hydrogen) atoms. The van der Waals surface area contributed by atoms with Gasteiger partial charge in [-0.3, -0.25) is 0 Å². The maximum atomic E-state index is 13.6. The molecule has 0 saturated carbocycles. The second-order valence-corrected chi connectivity index (χ2v) is 6.42. The van der Waals surface area contributed by atoms with Gasteiger partial charge in [0.25, 0.3) is 0 Å². The van der Waals surface area contributed by atoms with Gasteiger partial charge in [0.15, 0.2) is 0 Å². The highest BCUT2D eigenvalue weighted by Gasteiger charge is 2.33. The molecule has 4 nitrogen and oxygen atoms in total. The quantitative estimate of drug-likeness (QED) is 0.822. The third-order valence-electron chi connectivity index (χ3n) is 2.84. The number of halogens is 1. The number of hydrogen-bond acceptors (Lipinski definition) is 3. The summed E-state index contributed by atoms with van der Waals surface area (Å²) in [6, 6.07) is 5.43. The van der Waals surface area contributed by atoms with Gasteiger partial charge in [-0.25, -0.2) is 12.8 Å². The van der Waals surface area contributed by atoms with Crippen LogP contribution in [-0.4, -0.2) is 38.0 Å². The first-order chi connectivity index (χ1) is 8.41. The molecule has 0 unspecified atom stereocenters. The maximum absolute atomic E-state index is 13.6. The summed E-state index contributed by atoms with van der Waals surface area (Å²) in [5.74, 6) is -0.718. The van der Waals surface area contributed by atoms with Crippen LogP contribution in [0.15, 0.2) is 29.2 Å². The molecule has 1 aliphatic heterocycles. The Kier molecular flexibility index (Phi) is 3.70. The third kappa shape index (κ3) is 2.55. The highest BCUT2D eigenvalue weighted by Crippen LogP contribution is 2.22. The van der Waals surface area contributed by atoms with E-state index in [2.05, 4.69) is 0 Å². The molecule has 6 heteroatoms. The van der Waals surface area contributed by atoms with Gasteiger partial charge in [-0.1, -0.05) is 12.1 Å². The molecule has 1 heterocycles. The van der Waals surface area contributed by atoms with Crippen LogP contribution in [0.4, 0.5) is 4.39 Å². The molecule has 100 valence electrons. The first-order valence-corrected chi connectivity index (χ1v) is 7.25. The fourth-order valence-corrected chi connectivity index (χ4v) is 3.78. The minimum Gasteiger partial charge on any atom is -0.373 e. The number of benzene rings is 1. The van der Waals surface area contributed by atoms with Crippen LogP contribution < -0.4 is 0 Å². The Labute approximate surface area is 106 Å². The molecule has 1 fully saturated rings. The van der Waals surface area contributed by atoms with Crippen LogP contribution in [0.1, 0.15) is 13.8 Å². The van der Waals surface area contributed by atoms with E-state index in [1.807, 2.05) is 0 Å². The molecule has 0 bridgehead atoms. The Balaban J connectivity index is 2.34. The normalized spacial score (nSPS) is 26.2. The highest BCUT2D eigenvalue weighted by atomic mass is 32.2. The summed E-state index contributed by atoms with van der Waals surface area (Å²) in [5, 5.41) is 0. The van der Waals surface area contributed by atoms with E-state index < -0.39 is 15.8 Å². The van der Waals surface area contributed by atoms with Crippen LogP contribution in [0.2, 0.25) is 0 Å². The largest absolute Gasteiger partial charge is 0.373 e. The molecule has 0 N–H and O–H groups in total. The fraction of sp³-hybridized carbons (Fsp3) is 0.500. The molecule has 2 rings (SSSR count). The van der Waals surface area contributed by atoms with Crippen molar-refractivity contribution in [1.82, 2.24) is 4.31 Å². The summed E-state index contributed by atoms with van der Waals surface area (Å²) in [7, 11) is -3.78. The molecule has 1 saturated heterocycles. The van der Waals surface area contributed by atoms with Crippen LogP contribution in [0.3, 0.4) is 0 Å². The van der Waals surface area contributed by atoms with Crippen LogP contribution in [0, 0.1) is 5.82 Å². The van der Waals surface area contributed by atoms with Crippen molar-refractivity contribution in [2.75, 3.05) is 13.1 Å². The fourth-order valence-electron chi connectivity index (χ4n) is 2.12. The number of sulfonamides is 1. The van der Waals surface area contributed by atoms with E-state index in [1.165, 1.54) is 22.5 Å². The number of nitrogens with zero attached hydrogens (tertiary/aromatic N) is 1. The molecule has 1 aromatic carbocycles. The zero-order valence-corrected chi connectivity index (χ0v) is 11.2. The number of morpholine rings is 1. The van der Waals surface area contributed by atoms with Crippen LogP contribution >= 0.6 is 0 Å². The Morgan fingerprint density at radius 2 is 1.78 bits per heavy atom. The minimum atomic E-state index is -3.78. The minimum absolute atomic E-state index is 0.185. The van der Waals surface area contributed by atoms with Crippen molar-refractivity contribution in [3.8, 4) is 0 Å². The number of rotatable bonds is 2. The van der Waals surface area contributed by atoms with Crippen molar-refractivity contribution in [3.05, 3.63) is 30.1 Å². The van der Waals surface area contributed by atoms with Gasteiger partial charge in [-0.2, -0.15) is 4.31 Å². The van der Waals surface area contributed by atoms with Crippen molar-refractivity contribution in [2.24, 2.45) is 0 Å². The Bertz CT molecular complexity index is 522. The van der Waals surface area contributed by atoms with Crippen LogP contribution in [-0.2, 0) is 14.8 Å². The van der Waals surface area contributed by atoms with Crippen molar-refractivity contribution >= 4 is 10.0 Å². The van der Waals surface area contributed by atoms with Gasteiger partial charge in [0.05, 0.1) is 12.2 Å². The molecular formula is C12H16FNO3S. The molecule has 0 aromatic heterocycles. The van der Waals surface area contributed by atoms with Crippen molar-refractivity contribution < 1.29 is 17.5 Å². The van der Waals surface area contributed by atoms with E-state index in [0.717, 1.165) is 6.07 Å². The molecule has 0 spiro atoms. The van der Waals surface area contributed by atoms with Gasteiger partial charge in [0.2, 0.25) is 10.0 Å². The van der Waals surface area contributed by atoms with Gasteiger partial charge in [-0.15, -0.1) is 0 Å². The predicted molar refractivity (Wildman–Crippen MR) is 65.2 cm³/mol. The topological polar surface area (TPSA) is 46.6 Å². The van der Waals surface area contributed by atoms with Crippen LogP contribution in [0.5, 0.6) is 0 Å². The molecule has 0 amide bonds. The predicted octanol–water partition coefficient (Wildman–Crippen LogP) is 1.62. The Hall–Kier alpha value is -0.980.